The van der Waals surface area contributed by atoms with Gasteiger partial charge in [0.1, 0.15) is 0 Å². The molecule has 1 amide bonds. The fourth-order valence-corrected chi connectivity index (χ4v) is 1.94. The number of hydrogen-bond donors (Lipinski definition) is 3. The molecule has 0 radical (unpaired) electrons. The molecule has 1 aromatic carbocycles. The van der Waals surface area contributed by atoms with Crippen molar-refractivity contribution in [2.75, 3.05) is 18.4 Å². The monoisotopic (exact) mass is 262 g/mol. The van der Waals surface area contributed by atoms with Crippen molar-refractivity contribution < 1.29 is 19.5 Å². The molecule has 0 aliphatic carbocycles. The fraction of sp³-hybridized carbons (Fsp3) is 0.308. The number of benzene rings is 1. The highest BCUT2D eigenvalue weighted by Gasteiger charge is 2.16. The number of carbonyl (C=O) groups excluding carboxylic acids is 2. The number of Topliss-reactive ketones (excluding diaryl/α,β-unsaturated/α-hetero) is 1. The standard InChI is InChI=1S/C13H14N2O4/c16-11(6-14-7-13(18)19)9-1-3-10-8(5-9)2-4-12(17)15-10/h1,3,5,14H,2,4,6-7H2,(H,15,17)(H,18,19). The summed E-state index contributed by atoms with van der Waals surface area (Å²) in [6, 6.07) is 5.09. The maximum atomic E-state index is 11.8. The minimum absolute atomic E-state index is 0.0164. The van der Waals surface area contributed by atoms with Gasteiger partial charge in [0.2, 0.25) is 5.91 Å². The van der Waals surface area contributed by atoms with Crippen LogP contribution in [0.15, 0.2) is 18.2 Å². The van der Waals surface area contributed by atoms with Gasteiger partial charge in [-0.2, -0.15) is 0 Å². The van der Waals surface area contributed by atoms with Crippen LogP contribution in [-0.2, 0) is 16.0 Å². The molecule has 6 nitrogen and oxygen atoms in total. The lowest BCUT2D eigenvalue weighted by molar-refractivity contribution is -0.135. The third-order valence-corrected chi connectivity index (χ3v) is 2.88. The first kappa shape index (κ1) is 13.2. The fourth-order valence-electron chi connectivity index (χ4n) is 1.94. The molecule has 3 N–H and O–H groups in total. The largest absolute Gasteiger partial charge is 0.480 e. The molecule has 1 heterocycles. The Labute approximate surface area is 109 Å². The average Bonchev–Trinajstić information content (AvgIpc) is 2.37. The van der Waals surface area contributed by atoms with Crippen LogP contribution in [0.3, 0.4) is 0 Å². The van der Waals surface area contributed by atoms with Crippen LogP contribution >= 0.6 is 0 Å². The SMILES string of the molecule is O=C(O)CNCC(=O)c1ccc2c(c1)CCC(=O)N2. The first-order valence-electron chi connectivity index (χ1n) is 5.95. The van der Waals surface area contributed by atoms with Gasteiger partial charge < -0.3 is 10.4 Å². The van der Waals surface area contributed by atoms with Gasteiger partial charge in [-0.05, 0) is 30.2 Å². The molecule has 0 bridgehead atoms. The molecule has 1 aliphatic rings. The van der Waals surface area contributed by atoms with Crippen LogP contribution < -0.4 is 10.6 Å². The van der Waals surface area contributed by atoms with Crippen LogP contribution in [0.4, 0.5) is 5.69 Å². The van der Waals surface area contributed by atoms with Gasteiger partial charge in [0.25, 0.3) is 0 Å². The molecule has 1 aromatic rings. The number of aryl methyl sites for hydroxylation is 1. The second-order valence-electron chi connectivity index (χ2n) is 4.34. The first-order chi connectivity index (χ1) is 9.06. The molecule has 0 unspecified atom stereocenters. The van der Waals surface area contributed by atoms with E-state index in [0.29, 0.717) is 18.4 Å². The predicted molar refractivity (Wildman–Crippen MR) is 68.2 cm³/mol. The van der Waals surface area contributed by atoms with Gasteiger partial charge in [-0.1, -0.05) is 0 Å². The van der Waals surface area contributed by atoms with E-state index in [0.717, 1.165) is 11.3 Å². The van der Waals surface area contributed by atoms with E-state index in [1.54, 1.807) is 18.2 Å². The van der Waals surface area contributed by atoms with Gasteiger partial charge in [-0.3, -0.25) is 19.7 Å². The number of ketones is 1. The Bertz CT molecular complexity index is 539. The number of fused-ring (bicyclic) bond motifs is 1. The number of nitrogens with one attached hydrogen (secondary N) is 2. The van der Waals surface area contributed by atoms with E-state index in [1.807, 2.05) is 0 Å². The molecule has 0 atom stereocenters. The van der Waals surface area contributed by atoms with Crippen LogP contribution in [0, 0.1) is 0 Å². The molecule has 2 rings (SSSR count). The maximum absolute atomic E-state index is 11.8. The van der Waals surface area contributed by atoms with E-state index in [-0.39, 0.29) is 24.8 Å². The van der Waals surface area contributed by atoms with Gasteiger partial charge in [0.05, 0.1) is 13.1 Å². The van der Waals surface area contributed by atoms with Crippen molar-refractivity contribution >= 4 is 23.3 Å². The normalized spacial score (nSPS) is 13.6. The lowest BCUT2D eigenvalue weighted by Gasteiger charge is -2.17. The van der Waals surface area contributed by atoms with E-state index in [2.05, 4.69) is 10.6 Å². The number of carboxylic acids is 1. The summed E-state index contributed by atoms with van der Waals surface area (Å²) in [5.74, 6) is -1.18. The number of carboxylic acid groups (broad SMARTS) is 1. The summed E-state index contributed by atoms with van der Waals surface area (Å²) in [6.45, 7) is -0.260. The highest BCUT2D eigenvalue weighted by Crippen LogP contribution is 2.23. The zero-order valence-electron chi connectivity index (χ0n) is 10.2. The van der Waals surface area contributed by atoms with E-state index in [1.165, 1.54) is 0 Å². The Kier molecular flexibility index (Phi) is 3.91. The number of rotatable bonds is 5. The predicted octanol–water partition coefficient (Wildman–Crippen LogP) is 0.428. The van der Waals surface area contributed by atoms with E-state index >= 15 is 0 Å². The van der Waals surface area contributed by atoms with Gasteiger partial charge in [0, 0.05) is 17.7 Å². The quantitative estimate of drug-likeness (QED) is 0.669. The molecule has 19 heavy (non-hydrogen) atoms. The number of carbonyl (C=O) groups is 3. The van der Waals surface area contributed by atoms with Crippen LogP contribution in [0.5, 0.6) is 0 Å². The lowest BCUT2D eigenvalue weighted by Crippen LogP contribution is -2.28. The van der Waals surface area contributed by atoms with Crippen molar-refractivity contribution in [3.8, 4) is 0 Å². The Morgan fingerprint density at radius 2 is 2.05 bits per heavy atom. The third kappa shape index (κ3) is 3.38. The third-order valence-electron chi connectivity index (χ3n) is 2.88. The zero-order valence-corrected chi connectivity index (χ0v) is 10.2. The highest BCUT2D eigenvalue weighted by atomic mass is 16.4. The Morgan fingerprint density at radius 1 is 1.26 bits per heavy atom. The van der Waals surface area contributed by atoms with Crippen molar-refractivity contribution in [1.82, 2.24) is 5.32 Å². The van der Waals surface area contributed by atoms with E-state index < -0.39 is 5.97 Å². The van der Waals surface area contributed by atoms with Crippen LogP contribution in [-0.4, -0.2) is 35.9 Å². The number of amides is 1. The number of anilines is 1. The maximum Gasteiger partial charge on any atom is 0.317 e. The smallest absolute Gasteiger partial charge is 0.317 e. The Balaban J connectivity index is 2.03. The van der Waals surface area contributed by atoms with E-state index in [4.69, 9.17) is 5.11 Å². The average molecular weight is 262 g/mol. The molecular weight excluding hydrogens is 248 g/mol. The zero-order chi connectivity index (χ0) is 13.8. The summed E-state index contributed by atoms with van der Waals surface area (Å²) in [6.07, 6.45) is 1.03. The lowest BCUT2D eigenvalue weighted by atomic mass is 9.99. The van der Waals surface area contributed by atoms with Gasteiger partial charge in [0.15, 0.2) is 5.78 Å². The summed E-state index contributed by atoms with van der Waals surface area (Å²) < 4.78 is 0. The molecule has 1 aliphatic heterocycles. The van der Waals surface area contributed by atoms with Crippen LogP contribution in [0.2, 0.25) is 0 Å². The minimum Gasteiger partial charge on any atom is -0.480 e. The van der Waals surface area contributed by atoms with Crippen molar-refractivity contribution in [2.24, 2.45) is 0 Å². The van der Waals surface area contributed by atoms with Crippen molar-refractivity contribution in [3.63, 3.8) is 0 Å². The van der Waals surface area contributed by atoms with Crippen molar-refractivity contribution in [2.45, 2.75) is 12.8 Å². The minimum atomic E-state index is -0.999. The summed E-state index contributed by atoms with van der Waals surface area (Å²) in [5.41, 5.74) is 2.20. The summed E-state index contributed by atoms with van der Waals surface area (Å²) in [4.78, 5) is 33.4. The Morgan fingerprint density at radius 3 is 2.79 bits per heavy atom. The summed E-state index contributed by atoms with van der Waals surface area (Å²) in [7, 11) is 0. The van der Waals surface area contributed by atoms with Gasteiger partial charge >= 0.3 is 5.97 Å². The molecular formula is C13H14N2O4. The van der Waals surface area contributed by atoms with Crippen molar-refractivity contribution in [3.05, 3.63) is 29.3 Å². The second kappa shape index (κ2) is 5.62. The van der Waals surface area contributed by atoms with E-state index in [9.17, 15) is 14.4 Å². The van der Waals surface area contributed by atoms with Gasteiger partial charge in [-0.25, -0.2) is 0 Å². The molecule has 100 valence electrons. The van der Waals surface area contributed by atoms with Gasteiger partial charge in [-0.15, -0.1) is 0 Å². The molecule has 0 fully saturated rings. The number of hydrogen-bond acceptors (Lipinski definition) is 4. The topological polar surface area (TPSA) is 95.5 Å². The van der Waals surface area contributed by atoms with Crippen LogP contribution in [0.25, 0.3) is 0 Å². The highest BCUT2D eigenvalue weighted by molar-refractivity contribution is 6.00. The molecule has 0 saturated heterocycles. The summed E-state index contributed by atoms with van der Waals surface area (Å²) >= 11 is 0. The molecule has 0 aromatic heterocycles. The van der Waals surface area contributed by atoms with Crippen molar-refractivity contribution in [1.29, 1.82) is 0 Å². The second-order valence-corrected chi connectivity index (χ2v) is 4.34. The summed E-state index contributed by atoms with van der Waals surface area (Å²) in [5, 5.41) is 13.8. The number of aliphatic carboxylic acids is 1. The first-order valence-corrected chi connectivity index (χ1v) is 5.95. The Hall–Kier alpha value is -2.21. The molecule has 6 heteroatoms. The molecule has 0 spiro atoms. The molecule has 0 saturated carbocycles. The van der Waals surface area contributed by atoms with Crippen LogP contribution in [0.1, 0.15) is 22.3 Å².